The number of hydrogen-bond acceptors (Lipinski definition) is 3. The minimum absolute atomic E-state index is 0.534. The first-order chi connectivity index (χ1) is 6.76. The lowest BCUT2D eigenvalue weighted by atomic mass is 10.2. The summed E-state index contributed by atoms with van der Waals surface area (Å²) in [5, 5.41) is 3.34. The quantitative estimate of drug-likeness (QED) is 0.571. The standard InChI is InChI=1S/C11H26N2O/c1-5-12-8-7-9-13(6-2)11(3)10-14-4/h11-12H,5-10H2,1-4H3. The summed E-state index contributed by atoms with van der Waals surface area (Å²) in [6.07, 6.45) is 1.22. The Hall–Kier alpha value is -0.120. The molecule has 0 aromatic heterocycles. The Morgan fingerprint density at radius 1 is 1.36 bits per heavy atom. The molecule has 1 atom stereocenters. The molecule has 0 aromatic carbocycles. The van der Waals surface area contributed by atoms with Gasteiger partial charge in [0, 0.05) is 13.2 Å². The fourth-order valence-corrected chi connectivity index (χ4v) is 1.62. The topological polar surface area (TPSA) is 24.5 Å². The molecule has 0 saturated carbocycles. The second kappa shape index (κ2) is 9.44. The fourth-order valence-electron chi connectivity index (χ4n) is 1.62. The summed E-state index contributed by atoms with van der Waals surface area (Å²) in [6.45, 7) is 11.9. The Morgan fingerprint density at radius 2 is 2.07 bits per heavy atom. The van der Waals surface area contributed by atoms with Gasteiger partial charge < -0.3 is 10.1 Å². The van der Waals surface area contributed by atoms with Crippen molar-refractivity contribution in [2.45, 2.75) is 33.2 Å². The van der Waals surface area contributed by atoms with E-state index in [1.807, 2.05) is 0 Å². The molecule has 0 amide bonds. The molecule has 1 N–H and O–H groups in total. The van der Waals surface area contributed by atoms with Crippen LogP contribution >= 0.6 is 0 Å². The van der Waals surface area contributed by atoms with E-state index in [2.05, 4.69) is 31.0 Å². The van der Waals surface area contributed by atoms with Crippen LogP contribution in [0.5, 0.6) is 0 Å². The summed E-state index contributed by atoms with van der Waals surface area (Å²) in [6, 6.07) is 0.534. The van der Waals surface area contributed by atoms with Gasteiger partial charge in [0.2, 0.25) is 0 Å². The largest absolute Gasteiger partial charge is 0.383 e. The van der Waals surface area contributed by atoms with Gasteiger partial charge in [0.05, 0.1) is 6.61 Å². The smallest absolute Gasteiger partial charge is 0.0615 e. The number of ether oxygens (including phenoxy) is 1. The summed E-state index contributed by atoms with van der Waals surface area (Å²) in [4.78, 5) is 2.46. The number of methoxy groups -OCH3 is 1. The molecular weight excluding hydrogens is 176 g/mol. The predicted molar refractivity (Wildman–Crippen MR) is 61.7 cm³/mol. The van der Waals surface area contributed by atoms with Gasteiger partial charge in [0.25, 0.3) is 0 Å². The molecule has 3 nitrogen and oxygen atoms in total. The third kappa shape index (κ3) is 6.35. The van der Waals surface area contributed by atoms with E-state index in [0.29, 0.717) is 6.04 Å². The molecule has 0 saturated heterocycles. The van der Waals surface area contributed by atoms with Gasteiger partial charge in [-0.2, -0.15) is 0 Å². The van der Waals surface area contributed by atoms with Gasteiger partial charge in [0.1, 0.15) is 0 Å². The summed E-state index contributed by atoms with van der Waals surface area (Å²) >= 11 is 0. The van der Waals surface area contributed by atoms with Crippen molar-refractivity contribution in [2.75, 3.05) is 39.9 Å². The normalized spacial score (nSPS) is 13.5. The Kier molecular flexibility index (Phi) is 9.35. The molecule has 3 heteroatoms. The van der Waals surface area contributed by atoms with Gasteiger partial charge in [-0.05, 0) is 39.5 Å². The van der Waals surface area contributed by atoms with Crippen molar-refractivity contribution in [3.8, 4) is 0 Å². The lowest BCUT2D eigenvalue weighted by Crippen LogP contribution is -2.37. The van der Waals surface area contributed by atoms with E-state index < -0.39 is 0 Å². The monoisotopic (exact) mass is 202 g/mol. The molecule has 0 spiro atoms. The zero-order valence-corrected chi connectivity index (χ0v) is 10.2. The molecule has 0 heterocycles. The number of rotatable bonds is 9. The Morgan fingerprint density at radius 3 is 2.57 bits per heavy atom. The summed E-state index contributed by atoms with van der Waals surface area (Å²) in [5.74, 6) is 0. The van der Waals surface area contributed by atoms with Crippen molar-refractivity contribution < 1.29 is 4.74 Å². The van der Waals surface area contributed by atoms with Crippen LogP contribution in [0.4, 0.5) is 0 Å². The van der Waals surface area contributed by atoms with Crippen molar-refractivity contribution in [3.05, 3.63) is 0 Å². The van der Waals surface area contributed by atoms with Gasteiger partial charge in [-0.25, -0.2) is 0 Å². The van der Waals surface area contributed by atoms with Crippen molar-refractivity contribution in [3.63, 3.8) is 0 Å². The zero-order valence-electron chi connectivity index (χ0n) is 10.2. The first-order valence-corrected chi connectivity index (χ1v) is 5.69. The van der Waals surface area contributed by atoms with Crippen LogP contribution in [0.15, 0.2) is 0 Å². The van der Waals surface area contributed by atoms with Crippen LogP contribution in [-0.4, -0.2) is 50.8 Å². The summed E-state index contributed by atoms with van der Waals surface area (Å²) in [5.41, 5.74) is 0. The average Bonchev–Trinajstić information content (AvgIpc) is 2.18. The molecular formula is C11H26N2O. The van der Waals surface area contributed by atoms with E-state index in [9.17, 15) is 0 Å². The van der Waals surface area contributed by atoms with Crippen LogP contribution < -0.4 is 5.32 Å². The highest BCUT2D eigenvalue weighted by molar-refractivity contribution is 4.65. The first-order valence-electron chi connectivity index (χ1n) is 5.69. The maximum absolute atomic E-state index is 5.16. The third-order valence-corrected chi connectivity index (χ3v) is 2.49. The van der Waals surface area contributed by atoms with Crippen molar-refractivity contribution >= 4 is 0 Å². The number of nitrogens with one attached hydrogen (secondary N) is 1. The molecule has 0 aliphatic rings. The van der Waals surface area contributed by atoms with Gasteiger partial charge in [-0.1, -0.05) is 13.8 Å². The van der Waals surface area contributed by atoms with Crippen LogP contribution in [0.1, 0.15) is 27.2 Å². The Labute approximate surface area is 88.8 Å². The zero-order chi connectivity index (χ0) is 10.8. The fraction of sp³-hybridized carbons (Fsp3) is 1.00. The van der Waals surface area contributed by atoms with E-state index in [4.69, 9.17) is 4.74 Å². The minimum atomic E-state index is 0.534. The van der Waals surface area contributed by atoms with Crippen LogP contribution in [0.3, 0.4) is 0 Å². The molecule has 14 heavy (non-hydrogen) atoms. The van der Waals surface area contributed by atoms with Crippen LogP contribution in [0, 0.1) is 0 Å². The van der Waals surface area contributed by atoms with E-state index in [1.54, 1.807) is 7.11 Å². The van der Waals surface area contributed by atoms with Crippen molar-refractivity contribution in [2.24, 2.45) is 0 Å². The Bertz CT molecular complexity index is 120. The molecule has 0 rings (SSSR count). The molecule has 0 radical (unpaired) electrons. The van der Waals surface area contributed by atoms with E-state index in [-0.39, 0.29) is 0 Å². The summed E-state index contributed by atoms with van der Waals surface area (Å²) in [7, 11) is 1.77. The number of likely N-dealkylation sites (N-methyl/N-ethyl adjacent to an activating group) is 1. The van der Waals surface area contributed by atoms with Gasteiger partial charge in [0.15, 0.2) is 0 Å². The second-order valence-electron chi connectivity index (χ2n) is 3.64. The van der Waals surface area contributed by atoms with Crippen LogP contribution in [-0.2, 0) is 4.74 Å². The van der Waals surface area contributed by atoms with Gasteiger partial charge in [-0.15, -0.1) is 0 Å². The SMILES string of the molecule is CCNCCCN(CC)C(C)COC. The van der Waals surface area contributed by atoms with E-state index in [0.717, 1.165) is 32.8 Å². The highest BCUT2D eigenvalue weighted by atomic mass is 16.5. The lowest BCUT2D eigenvalue weighted by Gasteiger charge is -2.27. The molecule has 0 aromatic rings. The van der Waals surface area contributed by atoms with Crippen LogP contribution in [0.25, 0.3) is 0 Å². The van der Waals surface area contributed by atoms with Crippen LogP contribution in [0.2, 0.25) is 0 Å². The van der Waals surface area contributed by atoms with E-state index in [1.165, 1.54) is 6.42 Å². The molecule has 0 aliphatic carbocycles. The molecule has 1 unspecified atom stereocenters. The van der Waals surface area contributed by atoms with Gasteiger partial charge in [-0.3, -0.25) is 4.90 Å². The highest BCUT2D eigenvalue weighted by Crippen LogP contribution is 2.00. The number of hydrogen-bond donors (Lipinski definition) is 1. The maximum Gasteiger partial charge on any atom is 0.0615 e. The van der Waals surface area contributed by atoms with Crippen molar-refractivity contribution in [1.29, 1.82) is 0 Å². The van der Waals surface area contributed by atoms with Crippen molar-refractivity contribution in [1.82, 2.24) is 10.2 Å². The maximum atomic E-state index is 5.16. The first kappa shape index (κ1) is 13.9. The minimum Gasteiger partial charge on any atom is -0.383 e. The van der Waals surface area contributed by atoms with Gasteiger partial charge >= 0.3 is 0 Å². The average molecular weight is 202 g/mol. The molecule has 86 valence electrons. The third-order valence-electron chi connectivity index (χ3n) is 2.49. The Balaban J connectivity index is 3.56. The molecule has 0 aliphatic heterocycles. The van der Waals surface area contributed by atoms with E-state index >= 15 is 0 Å². The highest BCUT2D eigenvalue weighted by Gasteiger charge is 2.10. The predicted octanol–water partition coefficient (Wildman–Crippen LogP) is 1.34. The molecule has 0 fully saturated rings. The molecule has 0 bridgehead atoms. The second-order valence-corrected chi connectivity index (χ2v) is 3.64. The number of nitrogens with zero attached hydrogens (tertiary/aromatic N) is 1. The summed E-state index contributed by atoms with van der Waals surface area (Å²) < 4.78 is 5.16. The lowest BCUT2D eigenvalue weighted by molar-refractivity contribution is 0.102.